The van der Waals surface area contributed by atoms with E-state index >= 15 is 0 Å². The van der Waals surface area contributed by atoms with Crippen molar-refractivity contribution in [3.8, 4) is 0 Å². The van der Waals surface area contributed by atoms with E-state index in [9.17, 15) is 31.2 Å². The molecular weight excluding hydrogens is 407 g/mol. The summed E-state index contributed by atoms with van der Waals surface area (Å²) >= 11 is 0. The van der Waals surface area contributed by atoms with Crippen LogP contribution >= 0.6 is 0 Å². The largest absolute Gasteiger partial charge is 0.299 e. The molecular formula is C20H18F3NO4S. The number of ketones is 2. The zero-order valence-electron chi connectivity index (χ0n) is 15.2. The molecule has 0 heterocycles. The topological polar surface area (TPSA) is 94.3 Å². The monoisotopic (exact) mass is 425 g/mol. The normalized spacial score (nSPS) is 15.2. The molecule has 154 valence electrons. The van der Waals surface area contributed by atoms with Crippen molar-refractivity contribution < 1.29 is 31.2 Å². The number of rotatable bonds is 8. The van der Waals surface area contributed by atoms with Crippen molar-refractivity contribution in [1.29, 1.82) is 0 Å². The average Bonchev–Trinajstić information content (AvgIpc) is 3.41. The predicted molar refractivity (Wildman–Crippen MR) is 98.0 cm³/mol. The molecule has 1 saturated carbocycles. The predicted octanol–water partition coefficient (Wildman–Crippen LogP) is 3.16. The van der Waals surface area contributed by atoms with Gasteiger partial charge in [0, 0.05) is 18.1 Å². The van der Waals surface area contributed by atoms with E-state index in [1.165, 1.54) is 6.07 Å². The molecule has 0 spiro atoms. The number of hydrogen-bond acceptors (Lipinski definition) is 4. The number of benzene rings is 2. The second-order valence-electron chi connectivity index (χ2n) is 7.20. The minimum Gasteiger partial charge on any atom is -0.299 e. The number of hydrogen-bond donors (Lipinski definition) is 1. The summed E-state index contributed by atoms with van der Waals surface area (Å²) in [7, 11) is -4.26. The number of carbonyl (C=O) groups is 2. The standard InChI is InChI=1S/C20H18F3NO4S/c21-14-8-13(9-15(22)10-14)20(26)16(18(25)7-11-1-2-11)5-12-3-4-19(17(23)6-12)29(24,27)28/h3-4,6,8-11,16H,1-2,5,7H2,(H2,24,27,28). The Morgan fingerprint density at radius 1 is 1.03 bits per heavy atom. The van der Waals surface area contributed by atoms with Crippen LogP contribution in [0.2, 0.25) is 0 Å². The molecule has 0 radical (unpaired) electrons. The maximum atomic E-state index is 14.1. The van der Waals surface area contributed by atoms with Gasteiger partial charge in [-0.3, -0.25) is 9.59 Å². The van der Waals surface area contributed by atoms with Gasteiger partial charge >= 0.3 is 0 Å². The van der Waals surface area contributed by atoms with Crippen LogP contribution in [0.25, 0.3) is 0 Å². The van der Waals surface area contributed by atoms with Gasteiger partial charge in [0.1, 0.15) is 28.1 Å². The zero-order valence-corrected chi connectivity index (χ0v) is 16.0. The van der Waals surface area contributed by atoms with Gasteiger partial charge in [0.05, 0.1) is 5.92 Å². The molecule has 2 aromatic rings. The fourth-order valence-corrected chi connectivity index (χ4v) is 3.72. The van der Waals surface area contributed by atoms with Crippen molar-refractivity contribution in [1.82, 2.24) is 0 Å². The summed E-state index contributed by atoms with van der Waals surface area (Å²) < 4.78 is 63.8. The minimum absolute atomic E-state index is 0.145. The third-order valence-electron chi connectivity index (χ3n) is 4.78. The zero-order chi connectivity index (χ0) is 21.3. The van der Waals surface area contributed by atoms with E-state index in [2.05, 4.69) is 0 Å². The van der Waals surface area contributed by atoms with E-state index in [1.54, 1.807) is 0 Å². The molecule has 0 aromatic heterocycles. The highest BCUT2D eigenvalue weighted by atomic mass is 32.2. The van der Waals surface area contributed by atoms with Gasteiger partial charge in [-0.2, -0.15) is 0 Å². The first-order valence-corrected chi connectivity index (χ1v) is 10.4. The van der Waals surface area contributed by atoms with E-state index < -0.39 is 49.9 Å². The SMILES string of the molecule is NS(=O)(=O)c1ccc(CC(C(=O)CC2CC2)C(=O)c2cc(F)cc(F)c2)cc1F. The number of halogens is 3. The minimum atomic E-state index is -4.26. The van der Waals surface area contributed by atoms with Crippen LogP contribution < -0.4 is 5.14 Å². The fraction of sp³-hybridized carbons (Fsp3) is 0.300. The first kappa shape index (κ1) is 21.2. The third kappa shape index (κ3) is 5.30. The van der Waals surface area contributed by atoms with E-state index in [0.717, 1.165) is 37.1 Å². The molecule has 1 aliphatic carbocycles. The van der Waals surface area contributed by atoms with Crippen LogP contribution in [-0.2, 0) is 21.2 Å². The lowest BCUT2D eigenvalue weighted by Gasteiger charge is -2.16. The van der Waals surface area contributed by atoms with Gasteiger partial charge in [-0.15, -0.1) is 0 Å². The Bertz CT molecular complexity index is 1060. The number of nitrogens with two attached hydrogens (primary N) is 1. The molecule has 1 unspecified atom stereocenters. The van der Waals surface area contributed by atoms with Crippen molar-refractivity contribution in [2.24, 2.45) is 17.0 Å². The fourth-order valence-electron chi connectivity index (χ4n) is 3.14. The van der Waals surface area contributed by atoms with E-state index in [0.29, 0.717) is 6.07 Å². The Hall–Kier alpha value is -2.52. The molecule has 1 aliphatic rings. The quantitative estimate of drug-likeness (QED) is 0.519. The van der Waals surface area contributed by atoms with E-state index in [4.69, 9.17) is 5.14 Å². The number of primary sulfonamides is 1. The van der Waals surface area contributed by atoms with Crippen LogP contribution in [0.4, 0.5) is 13.2 Å². The molecule has 0 bridgehead atoms. The van der Waals surface area contributed by atoms with Crippen LogP contribution in [0.15, 0.2) is 41.3 Å². The number of sulfonamides is 1. The smallest absolute Gasteiger partial charge is 0.240 e. The Morgan fingerprint density at radius 3 is 2.17 bits per heavy atom. The van der Waals surface area contributed by atoms with Crippen LogP contribution in [0.1, 0.15) is 35.2 Å². The highest BCUT2D eigenvalue weighted by Crippen LogP contribution is 2.34. The van der Waals surface area contributed by atoms with Crippen LogP contribution in [0, 0.1) is 29.3 Å². The van der Waals surface area contributed by atoms with Crippen molar-refractivity contribution >= 4 is 21.6 Å². The number of carbonyl (C=O) groups excluding carboxylic acids is 2. The van der Waals surface area contributed by atoms with Crippen molar-refractivity contribution in [2.75, 3.05) is 0 Å². The van der Waals surface area contributed by atoms with Gasteiger partial charge in [-0.05, 0) is 55.0 Å². The lowest BCUT2D eigenvalue weighted by molar-refractivity contribution is -0.121. The van der Waals surface area contributed by atoms with Crippen LogP contribution in [0.3, 0.4) is 0 Å². The molecule has 5 nitrogen and oxygen atoms in total. The molecule has 2 N–H and O–H groups in total. The second-order valence-corrected chi connectivity index (χ2v) is 8.73. The summed E-state index contributed by atoms with van der Waals surface area (Å²) in [5.41, 5.74) is -0.104. The lowest BCUT2D eigenvalue weighted by Crippen LogP contribution is -2.27. The number of Topliss-reactive ketones (excluding diaryl/α,β-unsaturated/α-hetero) is 2. The summed E-state index contributed by atoms with van der Waals surface area (Å²) in [6, 6.07) is 5.38. The van der Waals surface area contributed by atoms with E-state index in [-0.39, 0.29) is 29.9 Å². The van der Waals surface area contributed by atoms with Gasteiger partial charge < -0.3 is 0 Å². The third-order valence-corrected chi connectivity index (χ3v) is 5.73. The molecule has 0 saturated heterocycles. The molecule has 29 heavy (non-hydrogen) atoms. The van der Waals surface area contributed by atoms with Crippen LogP contribution in [-0.4, -0.2) is 20.0 Å². The Labute approximate surface area is 165 Å². The summed E-state index contributed by atoms with van der Waals surface area (Å²) in [5, 5.41) is 4.92. The van der Waals surface area contributed by atoms with Crippen LogP contribution in [0.5, 0.6) is 0 Å². The van der Waals surface area contributed by atoms with Crippen molar-refractivity contribution in [3.63, 3.8) is 0 Å². The molecule has 1 atom stereocenters. The molecule has 1 fully saturated rings. The summed E-state index contributed by atoms with van der Waals surface area (Å²) in [6.07, 6.45) is 1.63. The van der Waals surface area contributed by atoms with Crippen molar-refractivity contribution in [2.45, 2.75) is 30.6 Å². The molecule has 2 aromatic carbocycles. The molecule has 3 rings (SSSR count). The summed E-state index contributed by atoms with van der Waals surface area (Å²) in [6.45, 7) is 0. The molecule has 0 aliphatic heterocycles. The van der Waals surface area contributed by atoms with Gasteiger partial charge in [0.15, 0.2) is 5.78 Å². The molecule has 9 heteroatoms. The second kappa shape index (κ2) is 8.08. The van der Waals surface area contributed by atoms with Gasteiger partial charge in [0.25, 0.3) is 0 Å². The lowest BCUT2D eigenvalue weighted by atomic mass is 9.86. The van der Waals surface area contributed by atoms with Gasteiger partial charge in [0.2, 0.25) is 10.0 Å². The highest BCUT2D eigenvalue weighted by molar-refractivity contribution is 7.89. The summed E-state index contributed by atoms with van der Waals surface area (Å²) in [4.78, 5) is 24.8. The van der Waals surface area contributed by atoms with Crippen molar-refractivity contribution in [3.05, 3.63) is 65.0 Å². The maximum absolute atomic E-state index is 14.1. The first-order chi connectivity index (χ1) is 13.5. The van der Waals surface area contributed by atoms with Gasteiger partial charge in [-0.25, -0.2) is 26.7 Å². The maximum Gasteiger partial charge on any atom is 0.240 e. The Balaban J connectivity index is 1.92. The first-order valence-electron chi connectivity index (χ1n) is 8.89. The Morgan fingerprint density at radius 2 is 1.66 bits per heavy atom. The van der Waals surface area contributed by atoms with E-state index in [1.807, 2.05) is 0 Å². The highest BCUT2D eigenvalue weighted by Gasteiger charge is 2.33. The Kier molecular flexibility index (Phi) is 5.90. The van der Waals surface area contributed by atoms with Gasteiger partial charge in [-0.1, -0.05) is 6.07 Å². The average molecular weight is 425 g/mol. The summed E-state index contributed by atoms with van der Waals surface area (Å²) in [5.74, 6) is -5.29. The molecule has 0 amide bonds.